The number of hydrogen-bond acceptors (Lipinski definition) is 5. The fraction of sp³-hybridized carbons (Fsp3) is 0.345. The Bertz CT molecular complexity index is 1380. The predicted octanol–water partition coefficient (Wildman–Crippen LogP) is 6.13. The van der Waals surface area contributed by atoms with E-state index >= 15 is 0 Å². The molecule has 0 bridgehead atoms. The molecule has 0 spiro atoms. The lowest BCUT2D eigenvalue weighted by atomic mass is 9.81. The van der Waals surface area contributed by atoms with Crippen molar-refractivity contribution >= 4 is 27.2 Å². The Balaban J connectivity index is 1.43. The Morgan fingerprint density at radius 1 is 1.08 bits per heavy atom. The smallest absolute Gasteiger partial charge is 0.261 e. The van der Waals surface area contributed by atoms with Gasteiger partial charge in [0.05, 0.1) is 17.0 Å². The minimum atomic E-state index is -3.75. The largest absolute Gasteiger partial charge is 0.378 e. The highest BCUT2D eigenvalue weighted by atomic mass is 32.2. The lowest BCUT2D eigenvalue weighted by Crippen LogP contribution is -2.29. The molecular formula is C29H32N2O4S. The number of sulfonamides is 1. The van der Waals surface area contributed by atoms with Crippen molar-refractivity contribution in [3.05, 3.63) is 89.0 Å². The van der Waals surface area contributed by atoms with E-state index in [-0.39, 0.29) is 34.7 Å². The van der Waals surface area contributed by atoms with Crippen molar-refractivity contribution in [2.24, 2.45) is 11.8 Å². The van der Waals surface area contributed by atoms with Crippen molar-refractivity contribution < 1.29 is 17.9 Å². The fourth-order valence-electron chi connectivity index (χ4n) is 5.20. The molecule has 3 atom stereocenters. The van der Waals surface area contributed by atoms with E-state index in [0.717, 1.165) is 40.8 Å². The number of hydrogen-bond donors (Lipinski definition) is 2. The van der Waals surface area contributed by atoms with Crippen LogP contribution >= 0.6 is 0 Å². The van der Waals surface area contributed by atoms with Crippen LogP contribution in [0, 0.1) is 11.8 Å². The molecule has 7 heteroatoms. The summed E-state index contributed by atoms with van der Waals surface area (Å²) >= 11 is 0. The van der Waals surface area contributed by atoms with Gasteiger partial charge < -0.3 is 10.1 Å². The van der Waals surface area contributed by atoms with Crippen molar-refractivity contribution in [3.63, 3.8) is 0 Å². The van der Waals surface area contributed by atoms with Gasteiger partial charge in [-0.15, -0.1) is 0 Å². The van der Waals surface area contributed by atoms with Gasteiger partial charge in [0.25, 0.3) is 10.0 Å². The molecule has 0 saturated carbocycles. The summed E-state index contributed by atoms with van der Waals surface area (Å²) in [5.74, 6) is 0.254. The molecule has 2 N–H and O–H groups in total. The summed E-state index contributed by atoms with van der Waals surface area (Å²) in [5, 5.41) is 3.62. The van der Waals surface area contributed by atoms with Gasteiger partial charge in [-0.1, -0.05) is 57.2 Å². The summed E-state index contributed by atoms with van der Waals surface area (Å²) in [6.07, 6.45) is 1.51. The van der Waals surface area contributed by atoms with Crippen LogP contribution in [-0.2, 0) is 21.2 Å². The third-order valence-corrected chi connectivity index (χ3v) is 8.56. The molecule has 5 rings (SSSR count). The number of carbonyl (C=O) groups is 1. The van der Waals surface area contributed by atoms with E-state index in [4.69, 9.17) is 4.74 Å². The summed E-state index contributed by atoms with van der Waals surface area (Å²) in [5.41, 5.74) is 5.17. The average Bonchev–Trinajstić information content (AvgIpc) is 3.38. The van der Waals surface area contributed by atoms with Crippen molar-refractivity contribution in [3.8, 4) is 0 Å². The number of anilines is 2. The molecule has 2 aliphatic rings. The monoisotopic (exact) mass is 504 g/mol. The molecular weight excluding hydrogens is 472 g/mol. The third kappa shape index (κ3) is 4.65. The molecule has 1 unspecified atom stereocenters. The van der Waals surface area contributed by atoms with E-state index in [9.17, 15) is 13.2 Å². The molecule has 2 heterocycles. The van der Waals surface area contributed by atoms with Gasteiger partial charge in [0.15, 0.2) is 5.78 Å². The maximum Gasteiger partial charge on any atom is 0.261 e. The maximum atomic E-state index is 13.2. The van der Waals surface area contributed by atoms with Gasteiger partial charge in [-0.2, -0.15) is 0 Å². The maximum absolute atomic E-state index is 13.2. The summed E-state index contributed by atoms with van der Waals surface area (Å²) in [6, 6.07) is 20.5. The molecule has 2 aliphatic heterocycles. The van der Waals surface area contributed by atoms with Crippen LogP contribution in [0.4, 0.5) is 11.4 Å². The van der Waals surface area contributed by atoms with Crippen LogP contribution in [0.15, 0.2) is 71.6 Å². The fourth-order valence-corrected chi connectivity index (χ4v) is 6.29. The number of fused-ring (bicyclic) bond motifs is 3. The molecule has 3 aromatic rings. The van der Waals surface area contributed by atoms with Gasteiger partial charge in [-0.25, -0.2) is 8.42 Å². The first-order chi connectivity index (χ1) is 17.3. The standard InChI is InChI=1S/C29H32N2O4S/c1-4-19-6-5-7-22(16-19)31-36(33,34)23-12-13-26-25(17-23)29-24(14-15-35-29)27(30-26)20-8-10-21(11-9-20)28(32)18(2)3/h5-13,16-18,24,27,29-31H,4,14-15H2,1-3H3/t24-,27?,29-/m0/s1. The molecule has 0 radical (unpaired) electrons. The minimum absolute atomic E-state index is 0.0190. The van der Waals surface area contributed by atoms with Gasteiger partial charge >= 0.3 is 0 Å². The number of ether oxygens (including phenoxy) is 1. The minimum Gasteiger partial charge on any atom is -0.378 e. The van der Waals surface area contributed by atoms with Crippen molar-refractivity contribution in [2.75, 3.05) is 16.6 Å². The van der Waals surface area contributed by atoms with Crippen LogP contribution in [-0.4, -0.2) is 20.8 Å². The number of aryl methyl sites for hydroxylation is 1. The SMILES string of the molecule is CCc1cccc(NS(=O)(=O)c2ccc3c(c2)[C@H]2OCC[C@H]2C(c2ccc(C(=O)C(C)C)cc2)N3)c1. The lowest BCUT2D eigenvalue weighted by molar-refractivity contribution is 0.0827. The zero-order valence-electron chi connectivity index (χ0n) is 20.8. The molecule has 1 fully saturated rings. The van der Waals surface area contributed by atoms with Crippen LogP contribution in [0.3, 0.4) is 0 Å². The van der Waals surface area contributed by atoms with E-state index in [1.54, 1.807) is 18.2 Å². The number of nitrogens with one attached hydrogen (secondary N) is 2. The molecule has 188 valence electrons. The highest BCUT2D eigenvalue weighted by molar-refractivity contribution is 7.92. The van der Waals surface area contributed by atoms with Gasteiger partial charge in [-0.3, -0.25) is 9.52 Å². The van der Waals surface area contributed by atoms with E-state index < -0.39 is 10.0 Å². The Kier molecular flexibility index (Phi) is 6.62. The molecule has 6 nitrogen and oxygen atoms in total. The number of rotatable bonds is 7. The molecule has 36 heavy (non-hydrogen) atoms. The Morgan fingerprint density at radius 3 is 2.58 bits per heavy atom. The summed E-state index contributed by atoms with van der Waals surface area (Å²) < 4.78 is 35.3. The molecule has 0 aromatic heterocycles. The van der Waals surface area contributed by atoms with Crippen LogP contribution in [0.5, 0.6) is 0 Å². The summed E-state index contributed by atoms with van der Waals surface area (Å²) in [4.78, 5) is 12.6. The van der Waals surface area contributed by atoms with Gasteiger partial charge in [0.1, 0.15) is 0 Å². The lowest BCUT2D eigenvalue weighted by Gasteiger charge is -2.36. The number of benzene rings is 3. The Labute approximate surface area is 213 Å². The molecule has 3 aromatic carbocycles. The van der Waals surface area contributed by atoms with Crippen molar-refractivity contribution in [2.45, 2.75) is 50.7 Å². The number of carbonyl (C=O) groups excluding carboxylic acids is 1. The summed E-state index contributed by atoms with van der Waals surface area (Å²) in [7, 11) is -3.75. The van der Waals surface area contributed by atoms with E-state index in [1.165, 1.54) is 0 Å². The van der Waals surface area contributed by atoms with Crippen LogP contribution in [0.1, 0.15) is 66.4 Å². The van der Waals surface area contributed by atoms with Crippen LogP contribution in [0.25, 0.3) is 0 Å². The summed E-state index contributed by atoms with van der Waals surface area (Å²) in [6.45, 7) is 6.47. The van der Waals surface area contributed by atoms with Gasteiger partial charge in [-0.05, 0) is 54.3 Å². The number of Topliss-reactive ketones (excluding diaryl/α,β-unsaturated/α-hetero) is 1. The second-order valence-electron chi connectivity index (χ2n) is 9.92. The first-order valence-electron chi connectivity index (χ1n) is 12.5. The van der Waals surface area contributed by atoms with Crippen LogP contribution < -0.4 is 10.0 Å². The zero-order valence-corrected chi connectivity index (χ0v) is 21.6. The zero-order chi connectivity index (χ0) is 25.4. The first-order valence-corrected chi connectivity index (χ1v) is 14.0. The first kappa shape index (κ1) is 24.5. The Hall–Kier alpha value is -3.16. The van der Waals surface area contributed by atoms with Gasteiger partial charge in [0.2, 0.25) is 0 Å². The van der Waals surface area contributed by atoms with Crippen LogP contribution in [0.2, 0.25) is 0 Å². The molecule has 0 amide bonds. The van der Waals surface area contributed by atoms with Gasteiger partial charge in [0, 0.05) is 40.9 Å². The molecule has 1 saturated heterocycles. The quantitative estimate of drug-likeness (QED) is 0.378. The van der Waals surface area contributed by atoms with E-state index in [1.807, 2.05) is 69.3 Å². The van der Waals surface area contributed by atoms with Crippen molar-refractivity contribution in [1.82, 2.24) is 0 Å². The normalized spacial score (nSPS) is 20.9. The average molecular weight is 505 g/mol. The Morgan fingerprint density at radius 2 is 1.86 bits per heavy atom. The number of ketones is 1. The predicted molar refractivity (Wildman–Crippen MR) is 142 cm³/mol. The topological polar surface area (TPSA) is 84.5 Å². The highest BCUT2D eigenvalue weighted by Gasteiger charge is 2.42. The second-order valence-corrected chi connectivity index (χ2v) is 11.6. The molecule has 0 aliphatic carbocycles. The van der Waals surface area contributed by atoms with Crippen molar-refractivity contribution in [1.29, 1.82) is 0 Å². The van der Waals surface area contributed by atoms with E-state index in [0.29, 0.717) is 12.3 Å². The second kappa shape index (κ2) is 9.71. The third-order valence-electron chi connectivity index (χ3n) is 7.18. The van der Waals surface area contributed by atoms with E-state index in [2.05, 4.69) is 10.0 Å². The highest BCUT2D eigenvalue weighted by Crippen LogP contribution is 2.50.